The van der Waals surface area contributed by atoms with Gasteiger partial charge in [-0.3, -0.25) is 9.80 Å². The van der Waals surface area contributed by atoms with Gasteiger partial charge in [0.05, 0.1) is 24.8 Å². The van der Waals surface area contributed by atoms with Crippen LogP contribution in [-0.4, -0.2) is 60.0 Å². The average Bonchev–Trinajstić information content (AvgIpc) is 3.32. The molecule has 4 aliphatic heterocycles. The molecule has 1 fully saturated rings. The molecule has 0 saturated carbocycles. The van der Waals surface area contributed by atoms with Crippen molar-refractivity contribution in [2.45, 2.75) is 70.7 Å². The quantitative estimate of drug-likeness (QED) is 0.707. The van der Waals surface area contributed by atoms with Gasteiger partial charge in [-0.1, -0.05) is 6.07 Å². The Bertz CT molecular complexity index is 1290. The first kappa shape index (κ1) is 20.6. The Morgan fingerprint density at radius 1 is 1.09 bits per heavy atom. The molecule has 34 heavy (non-hydrogen) atoms. The fourth-order valence-corrected chi connectivity index (χ4v) is 7.15. The summed E-state index contributed by atoms with van der Waals surface area (Å²) in [5, 5.41) is 26.8. The predicted octanol–water partition coefficient (Wildman–Crippen LogP) is 3.12. The van der Waals surface area contributed by atoms with Crippen molar-refractivity contribution >= 4 is 0 Å². The Morgan fingerprint density at radius 2 is 1.85 bits per heavy atom. The molecule has 0 aromatic heterocycles. The van der Waals surface area contributed by atoms with E-state index in [0.29, 0.717) is 23.5 Å². The smallest absolute Gasteiger partial charge is 0.231 e. The largest absolute Gasteiger partial charge is 0.507 e. The highest BCUT2D eigenvalue weighted by molar-refractivity contribution is 5.65. The number of likely N-dealkylation sites (N-methyl/N-ethyl adjacent to an activating group) is 1. The Balaban J connectivity index is 1.61. The van der Waals surface area contributed by atoms with Crippen molar-refractivity contribution in [2.75, 3.05) is 20.4 Å². The van der Waals surface area contributed by atoms with Crippen LogP contribution in [-0.2, 0) is 12.8 Å². The topological polar surface area (TPSA) is 89.2 Å². The van der Waals surface area contributed by atoms with E-state index < -0.39 is 12.1 Å². The second kappa shape index (κ2) is 7.35. The van der Waals surface area contributed by atoms with Crippen LogP contribution >= 0.6 is 0 Å². The van der Waals surface area contributed by atoms with E-state index in [0.717, 1.165) is 17.5 Å². The number of aliphatic hydroxyl groups is 1. The molecule has 0 spiro atoms. The minimum absolute atomic E-state index is 0.00861. The predicted molar refractivity (Wildman–Crippen MR) is 126 cm³/mol. The number of fused-ring (bicyclic) bond motifs is 9. The highest BCUT2D eigenvalue weighted by Gasteiger charge is 2.56. The number of aryl methyl sites for hydroxylation is 1. The summed E-state index contributed by atoms with van der Waals surface area (Å²) in [7, 11) is 2.13. The van der Waals surface area contributed by atoms with Crippen LogP contribution < -0.4 is 9.47 Å². The monoisotopic (exact) mass is 463 g/mol. The molecule has 4 aliphatic rings. The molecule has 5 atom stereocenters. The number of ether oxygens (including phenoxy) is 2. The number of piperazine rings is 1. The minimum atomic E-state index is -0.403. The lowest BCUT2D eigenvalue weighted by atomic mass is 9.70. The SMILES string of the molecule is [3H]OC[C@H]1c2c(c(O)c(C)c3c2OCO3)CC2[C@H]3c4c(cc(C)c(C)c4C)C[C@@H]([C@H](C#N)N21)N3C. The standard InChI is InChI=1S/C27H31N3O4/c1-12-6-16-7-18-20(9-28)30-19(24(29(18)5)22(16)14(3)13(12)2)8-17-23(21(30)10-31)27-26(33-11-34-27)15(4)25(17)32/h6,18-21,24,31-32H,7-8,10-11H2,1-5H3/t18-,19?,20-,21-,24-/m0/s1/i31T. The normalized spacial score (nSPS) is 29.6. The molecule has 2 bridgehead atoms. The fraction of sp³-hybridized carbons (Fsp3) is 0.519. The third kappa shape index (κ3) is 2.56. The van der Waals surface area contributed by atoms with E-state index in [1.165, 1.54) is 27.8 Å². The molecule has 2 aromatic carbocycles. The Hall–Kier alpha value is -2.79. The summed E-state index contributed by atoms with van der Waals surface area (Å²) in [6, 6.07) is 4.10. The molecule has 1 unspecified atom stereocenters. The van der Waals surface area contributed by atoms with Gasteiger partial charge in [0, 0.05) is 28.8 Å². The maximum atomic E-state index is 11.3. The summed E-state index contributed by atoms with van der Waals surface area (Å²) in [5.74, 6) is 1.37. The second-order valence-electron chi connectivity index (χ2n) is 10.3. The Labute approximate surface area is 201 Å². The van der Waals surface area contributed by atoms with E-state index in [9.17, 15) is 10.4 Å². The van der Waals surface area contributed by atoms with Gasteiger partial charge >= 0.3 is 0 Å². The summed E-state index contributed by atoms with van der Waals surface area (Å²) >= 11 is 0. The minimum Gasteiger partial charge on any atom is -0.507 e. The van der Waals surface area contributed by atoms with Crippen molar-refractivity contribution in [3.63, 3.8) is 0 Å². The molecule has 0 aliphatic carbocycles. The average molecular weight is 464 g/mol. The summed E-state index contributed by atoms with van der Waals surface area (Å²) in [5.41, 5.74) is 8.82. The zero-order chi connectivity index (χ0) is 24.8. The number of hydrogen-bond donors (Lipinski definition) is 2. The molecule has 0 radical (unpaired) electrons. The van der Waals surface area contributed by atoms with E-state index in [4.69, 9.17) is 16.0 Å². The zero-order valence-corrected chi connectivity index (χ0v) is 20.3. The van der Waals surface area contributed by atoms with Gasteiger partial charge in [0.2, 0.25) is 8.22 Å². The third-order valence-electron chi connectivity index (χ3n) is 8.98. The van der Waals surface area contributed by atoms with Gasteiger partial charge in [0.15, 0.2) is 11.5 Å². The van der Waals surface area contributed by atoms with Crippen molar-refractivity contribution in [1.82, 2.24) is 9.80 Å². The molecular formula is C27H31N3O4. The first-order valence-electron chi connectivity index (χ1n) is 12.4. The van der Waals surface area contributed by atoms with Gasteiger partial charge < -0.3 is 19.7 Å². The molecular weight excluding hydrogens is 430 g/mol. The first-order chi connectivity index (χ1) is 16.8. The number of nitriles is 1. The number of aromatic hydroxyl groups is 1. The molecule has 6 rings (SSSR count). The molecule has 178 valence electrons. The van der Waals surface area contributed by atoms with Gasteiger partial charge in [-0.05, 0) is 75.4 Å². The van der Waals surface area contributed by atoms with E-state index in [1.54, 1.807) is 0 Å². The Kier molecular flexibility index (Phi) is 4.45. The summed E-state index contributed by atoms with van der Waals surface area (Å²) < 4.78 is 19.3. The van der Waals surface area contributed by atoms with Crippen LogP contribution in [0.5, 0.6) is 17.2 Å². The third-order valence-corrected chi connectivity index (χ3v) is 8.98. The summed E-state index contributed by atoms with van der Waals surface area (Å²) in [6.07, 6.45) is 1.36. The number of benzene rings is 2. The van der Waals surface area contributed by atoms with Gasteiger partial charge in [0.25, 0.3) is 0 Å². The highest BCUT2D eigenvalue weighted by atomic mass is 16.7. The van der Waals surface area contributed by atoms with Gasteiger partial charge in [0.1, 0.15) is 11.8 Å². The summed E-state index contributed by atoms with van der Waals surface area (Å²) in [6.45, 7) is 8.55. The van der Waals surface area contributed by atoms with Crippen LogP contribution in [0, 0.1) is 39.0 Å². The lowest BCUT2D eigenvalue weighted by Crippen LogP contribution is -2.68. The number of phenols is 1. The molecule has 1 saturated heterocycles. The number of phenolic OH excluding ortho intramolecular Hbond substituents is 1. The van der Waals surface area contributed by atoms with Crippen LogP contribution in [0.4, 0.5) is 0 Å². The van der Waals surface area contributed by atoms with E-state index in [-0.39, 0.29) is 37.3 Å². The van der Waals surface area contributed by atoms with Crippen LogP contribution in [0.2, 0.25) is 0 Å². The van der Waals surface area contributed by atoms with Crippen molar-refractivity contribution in [3.8, 4) is 23.3 Å². The highest BCUT2D eigenvalue weighted by Crippen LogP contribution is 2.56. The van der Waals surface area contributed by atoms with Crippen molar-refractivity contribution in [3.05, 3.63) is 50.6 Å². The van der Waals surface area contributed by atoms with Gasteiger partial charge in [-0.2, -0.15) is 5.26 Å². The van der Waals surface area contributed by atoms with Crippen molar-refractivity contribution in [2.24, 2.45) is 0 Å². The fourth-order valence-electron chi connectivity index (χ4n) is 7.15. The molecule has 4 heterocycles. The molecule has 0 amide bonds. The maximum absolute atomic E-state index is 11.3. The number of rotatable bonds is 2. The lowest BCUT2D eigenvalue weighted by Gasteiger charge is -2.60. The molecule has 2 aromatic rings. The van der Waals surface area contributed by atoms with Gasteiger partial charge in [-0.25, -0.2) is 0 Å². The zero-order valence-electron chi connectivity index (χ0n) is 21.3. The van der Waals surface area contributed by atoms with Gasteiger partial charge in [-0.15, -0.1) is 0 Å². The van der Waals surface area contributed by atoms with E-state index >= 15 is 0 Å². The molecule has 7 nitrogen and oxygen atoms in total. The van der Waals surface area contributed by atoms with Crippen LogP contribution in [0.25, 0.3) is 0 Å². The first-order valence-corrected chi connectivity index (χ1v) is 12.0. The number of hydrogen-bond acceptors (Lipinski definition) is 7. The molecule has 7 heteroatoms. The van der Waals surface area contributed by atoms with Crippen LogP contribution in [0.15, 0.2) is 6.07 Å². The van der Waals surface area contributed by atoms with Crippen LogP contribution in [0.3, 0.4) is 0 Å². The lowest BCUT2D eigenvalue weighted by molar-refractivity contribution is -0.0821. The summed E-state index contributed by atoms with van der Waals surface area (Å²) in [4.78, 5) is 4.63. The molecule has 2 N–H and O–H groups in total. The number of aliphatic hydroxyl groups excluding tert-OH is 1. The Morgan fingerprint density at radius 3 is 2.59 bits per heavy atom. The number of nitrogens with zero attached hydrogens (tertiary/aromatic N) is 3. The van der Waals surface area contributed by atoms with E-state index in [2.05, 4.69) is 49.8 Å². The second-order valence-corrected chi connectivity index (χ2v) is 10.3. The van der Waals surface area contributed by atoms with Crippen molar-refractivity contribution in [1.29, 1.82) is 6.69 Å². The maximum Gasteiger partial charge on any atom is 0.231 e. The van der Waals surface area contributed by atoms with Crippen LogP contribution in [0.1, 0.15) is 56.6 Å². The van der Waals surface area contributed by atoms with Crippen molar-refractivity contribution < 1.29 is 19.7 Å². The van der Waals surface area contributed by atoms with E-state index in [1.807, 2.05) is 6.92 Å².